The molecule has 7 aromatic rings. The van der Waals surface area contributed by atoms with Crippen molar-refractivity contribution in [2.45, 2.75) is 0 Å². The van der Waals surface area contributed by atoms with Crippen molar-refractivity contribution in [2.75, 3.05) is 0 Å². The van der Waals surface area contributed by atoms with E-state index < -0.39 is 0 Å². The van der Waals surface area contributed by atoms with E-state index in [2.05, 4.69) is 91.0 Å². The van der Waals surface area contributed by atoms with Gasteiger partial charge in [-0.05, 0) is 68.7 Å². The van der Waals surface area contributed by atoms with Gasteiger partial charge in [-0.15, -0.1) is 0 Å². The Morgan fingerprint density at radius 1 is 0.457 bits per heavy atom. The summed E-state index contributed by atoms with van der Waals surface area (Å²) in [5.74, 6) is 0.650. The molecule has 6 aromatic carbocycles. The van der Waals surface area contributed by atoms with Crippen molar-refractivity contribution in [2.24, 2.45) is 0 Å². The van der Waals surface area contributed by atoms with Crippen molar-refractivity contribution in [1.29, 1.82) is 0 Å². The van der Waals surface area contributed by atoms with E-state index in [0.29, 0.717) is 5.89 Å². The van der Waals surface area contributed by atoms with Crippen LogP contribution in [0.1, 0.15) is 0 Å². The monoisotopic (exact) mass is 447 g/mol. The number of benzene rings is 6. The Morgan fingerprint density at radius 3 is 1.86 bits per heavy atom. The molecule has 2 heteroatoms. The van der Waals surface area contributed by atoms with Gasteiger partial charge in [-0.25, -0.2) is 4.98 Å². The van der Waals surface area contributed by atoms with Gasteiger partial charge in [0.15, 0.2) is 5.58 Å². The predicted molar refractivity (Wildman–Crippen MR) is 145 cm³/mol. The second kappa shape index (κ2) is 7.96. The Bertz CT molecular complexity index is 1830. The largest absolute Gasteiger partial charge is 0.435 e. The molecular weight excluding hydrogens is 426 g/mol. The Balaban J connectivity index is 1.44. The van der Waals surface area contributed by atoms with Crippen molar-refractivity contribution >= 4 is 32.6 Å². The lowest BCUT2D eigenvalue weighted by molar-refractivity contribution is 0.623. The number of hydrogen-bond acceptors (Lipinski definition) is 2. The highest BCUT2D eigenvalue weighted by Crippen LogP contribution is 2.37. The summed E-state index contributed by atoms with van der Waals surface area (Å²) in [6, 6.07) is 44.5. The summed E-state index contributed by atoms with van der Waals surface area (Å²) in [6.45, 7) is 0. The minimum absolute atomic E-state index is 0.650. The van der Waals surface area contributed by atoms with E-state index >= 15 is 0 Å². The summed E-state index contributed by atoms with van der Waals surface area (Å²) in [7, 11) is 0. The zero-order valence-corrected chi connectivity index (χ0v) is 19.0. The van der Waals surface area contributed by atoms with Crippen molar-refractivity contribution in [3.63, 3.8) is 0 Å². The van der Waals surface area contributed by atoms with Gasteiger partial charge in [-0.1, -0.05) is 97.1 Å². The number of nitrogens with zero attached hydrogens (tertiary/aromatic N) is 1. The maximum atomic E-state index is 6.39. The maximum Gasteiger partial charge on any atom is 0.227 e. The highest BCUT2D eigenvalue weighted by Gasteiger charge is 2.14. The minimum atomic E-state index is 0.650. The molecule has 35 heavy (non-hydrogen) atoms. The molecule has 0 saturated heterocycles. The van der Waals surface area contributed by atoms with E-state index in [9.17, 15) is 0 Å². The van der Waals surface area contributed by atoms with E-state index in [-0.39, 0.29) is 0 Å². The zero-order chi connectivity index (χ0) is 23.2. The second-order valence-corrected chi connectivity index (χ2v) is 8.85. The molecule has 1 heterocycles. The molecule has 0 aliphatic carbocycles. The van der Waals surface area contributed by atoms with E-state index in [1.165, 1.54) is 33.0 Å². The van der Waals surface area contributed by atoms with Crippen LogP contribution < -0.4 is 0 Å². The second-order valence-electron chi connectivity index (χ2n) is 8.85. The molecule has 0 radical (unpaired) electrons. The molecule has 0 spiro atoms. The third-order valence-corrected chi connectivity index (χ3v) is 6.68. The van der Waals surface area contributed by atoms with Gasteiger partial charge >= 0.3 is 0 Å². The number of aromatic nitrogens is 1. The van der Waals surface area contributed by atoms with Gasteiger partial charge in [0.2, 0.25) is 5.89 Å². The summed E-state index contributed by atoms with van der Waals surface area (Å²) >= 11 is 0. The zero-order valence-electron chi connectivity index (χ0n) is 19.0. The molecule has 0 atom stereocenters. The van der Waals surface area contributed by atoms with Crippen LogP contribution in [-0.4, -0.2) is 4.98 Å². The highest BCUT2D eigenvalue weighted by molar-refractivity contribution is 6.18. The van der Waals surface area contributed by atoms with Crippen LogP contribution in [-0.2, 0) is 0 Å². The third kappa shape index (κ3) is 3.39. The molecule has 7 rings (SSSR count). The van der Waals surface area contributed by atoms with Gasteiger partial charge in [0, 0.05) is 10.9 Å². The first-order chi connectivity index (χ1) is 17.3. The van der Waals surface area contributed by atoms with Gasteiger partial charge in [0.25, 0.3) is 0 Å². The molecule has 0 unspecified atom stereocenters. The topological polar surface area (TPSA) is 26.0 Å². The fraction of sp³-hybridized carbons (Fsp3) is 0. The summed E-state index contributed by atoms with van der Waals surface area (Å²) in [5.41, 5.74) is 7.50. The van der Waals surface area contributed by atoms with Crippen LogP contribution in [0.25, 0.3) is 66.4 Å². The van der Waals surface area contributed by atoms with Gasteiger partial charge in [-0.2, -0.15) is 0 Å². The van der Waals surface area contributed by atoms with Gasteiger partial charge in [-0.3, -0.25) is 0 Å². The fourth-order valence-corrected chi connectivity index (χ4v) is 4.91. The van der Waals surface area contributed by atoms with Crippen LogP contribution in [0.5, 0.6) is 0 Å². The van der Waals surface area contributed by atoms with Crippen LogP contribution in [0.3, 0.4) is 0 Å². The molecule has 0 bridgehead atoms. The summed E-state index contributed by atoms with van der Waals surface area (Å²) in [4.78, 5) is 4.80. The van der Waals surface area contributed by atoms with E-state index in [1.54, 1.807) is 0 Å². The van der Waals surface area contributed by atoms with Crippen LogP contribution in [0.2, 0.25) is 0 Å². The third-order valence-electron chi connectivity index (χ3n) is 6.68. The lowest BCUT2D eigenvalue weighted by Crippen LogP contribution is -1.84. The Labute approximate surface area is 203 Å². The highest BCUT2D eigenvalue weighted by atomic mass is 16.3. The average molecular weight is 448 g/mol. The summed E-state index contributed by atoms with van der Waals surface area (Å²) < 4.78 is 6.39. The van der Waals surface area contributed by atoms with Crippen LogP contribution in [0, 0.1) is 0 Å². The predicted octanol–water partition coefficient (Wildman–Crippen LogP) is 9.14. The van der Waals surface area contributed by atoms with Gasteiger partial charge in [0.1, 0.15) is 5.52 Å². The normalized spacial score (nSPS) is 11.4. The molecule has 0 aliphatic heterocycles. The summed E-state index contributed by atoms with van der Waals surface area (Å²) in [5, 5.41) is 4.61. The maximum absolute atomic E-state index is 6.39. The number of oxazole rings is 1. The molecule has 0 amide bonds. The van der Waals surface area contributed by atoms with Crippen molar-refractivity contribution in [1.82, 2.24) is 4.98 Å². The number of rotatable bonds is 3. The van der Waals surface area contributed by atoms with Crippen LogP contribution in [0.15, 0.2) is 132 Å². The first kappa shape index (κ1) is 19.7. The molecule has 0 saturated carbocycles. The van der Waals surface area contributed by atoms with Crippen molar-refractivity contribution < 1.29 is 4.42 Å². The van der Waals surface area contributed by atoms with E-state index in [4.69, 9.17) is 9.40 Å². The van der Waals surface area contributed by atoms with Gasteiger partial charge in [0.05, 0.1) is 0 Å². The average Bonchev–Trinajstić information content (AvgIpc) is 3.38. The lowest BCUT2D eigenvalue weighted by Gasteiger charge is -2.09. The Morgan fingerprint density at radius 2 is 1.06 bits per heavy atom. The molecular formula is C33H21NO. The Hall–Kier alpha value is -4.69. The Kier molecular flexibility index (Phi) is 4.49. The fourth-order valence-electron chi connectivity index (χ4n) is 4.91. The molecule has 0 fully saturated rings. The molecule has 0 N–H and O–H groups in total. The molecule has 2 nitrogen and oxygen atoms in total. The smallest absolute Gasteiger partial charge is 0.227 e. The van der Waals surface area contributed by atoms with Crippen molar-refractivity contribution in [3.8, 4) is 33.7 Å². The minimum Gasteiger partial charge on any atom is -0.435 e. The van der Waals surface area contributed by atoms with Gasteiger partial charge < -0.3 is 4.42 Å². The first-order valence-electron chi connectivity index (χ1n) is 11.8. The number of hydrogen-bond donors (Lipinski definition) is 0. The molecule has 164 valence electrons. The molecule has 1 aromatic heterocycles. The van der Waals surface area contributed by atoms with Crippen LogP contribution >= 0.6 is 0 Å². The first-order valence-corrected chi connectivity index (χ1v) is 11.8. The van der Waals surface area contributed by atoms with Crippen LogP contribution in [0.4, 0.5) is 0 Å². The lowest BCUT2D eigenvalue weighted by atomic mass is 9.95. The van der Waals surface area contributed by atoms with Crippen molar-refractivity contribution in [3.05, 3.63) is 127 Å². The standard InChI is InChI=1S/C33H21NO/c1-3-8-22(9-4-1)26-12-7-13-27(20-26)28-17-15-23-14-16-24-18-19-30-32(31(24)29(23)21-28)35-33(34-30)25-10-5-2-6-11-25/h1-21H. The van der Waals surface area contributed by atoms with E-state index in [0.717, 1.165) is 27.4 Å². The molecule has 0 aliphatic rings. The SMILES string of the molecule is c1ccc(-c2cccc(-c3ccc4ccc5ccc6nc(-c7ccccc7)oc6c5c4c3)c2)cc1. The summed E-state index contributed by atoms with van der Waals surface area (Å²) in [6.07, 6.45) is 0. The quantitative estimate of drug-likeness (QED) is 0.252. The number of fused-ring (bicyclic) bond motifs is 5. The van der Waals surface area contributed by atoms with E-state index in [1.807, 2.05) is 36.4 Å².